The van der Waals surface area contributed by atoms with Crippen molar-refractivity contribution in [2.24, 2.45) is 5.73 Å². The first-order valence-corrected chi connectivity index (χ1v) is 10.4. The third-order valence-electron chi connectivity index (χ3n) is 5.87. The number of rotatable bonds is 5. The van der Waals surface area contributed by atoms with E-state index in [1.54, 1.807) is 28.8 Å². The first-order chi connectivity index (χ1) is 15.0. The van der Waals surface area contributed by atoms with Gasteiger partial charge in [-0.25, -0.2) is 4.39 Å². The molecule has 0 aliphatic carbocycles. The molecule has 0 amide bonds. The van der Waals surface area contributed by atoms with Gasteiger partial charge in [0.15, 0.2) is 0 Å². The Bertz CT molecular complexity index is 1110. The van der Waals surface area contributed by atoms with Crippen LogP contribution in [0.5, 0.6) is 5.75 Å². The number of benzene rings is 1. The summed E-state index contributed by atoms with van der Waals surface area (Å²) in [6.07, 6.45) is 0.786. The summed E-state index contributed by atoms with van der Waals surface area (Å²) in [6, 6.07) is 9.87. The number of aryl methyl sites for hydroxylation is 1. The van der Waals surface area contributed by atoms with Crippen LogP contribution in [0, 0.1) is 24.1 Å². The van der Waals surface area contributed by atoms with Gasteiger partial charge in [-0.05, 0) is 19.4 Å². The fourth-order valence-corrected chi connectivity index (χ4v) is 4.26. The number of aromatic nitrogens is 1. The number of nitriles is 1. The van der Waals surface area contributed by atoms with Crippen LogP contribution < -0.4 is 16.0 Å². The van der Waals surface area contributed by atoms with Gasteiger partial charge in [-0.1, -0.05) is 18.2 Å². The third-order valence-corrected chi connectivity index (χ3v) is 5.87. The van der Waals surface area contributed by atoms with Crippen molar-refractivity contribution in [3.8, 4) is 11.8 Å². The molecule has 0 spiro atoms. The van der Waals surface area contributed by atoms with Crippen molar-refractivity contribution in [2.75, 3.05) is 32.8 Å². The van der Waals surface area contributed by atoms with Gasteiger partial charge < -0.3 is 19.8 Å². The Balaban J connectivity index is 1.72. The SMILES string of the molecule is Cc1cc2c(c(=O)n1CCCN1CCOCC1)[C@@H](c1ccccc1F)C(C#N)=C(N)O2. The highest BCUT2D eigenvalue weighted by Crippen LogP contribution is 2.41. The van der Waals surface area contributed by atoms with Gasteiger partial charge in [0, 0.05) is 43.5 Å². The van der Waals surface area contributed by atoms with Crippen molar-refractivity contribution < 1.29 is 13.9 Å². The lowest BCUT2D eigenvalue weighted by atomic mass is 9.83. The van der Waals surface area contributed by atoms with Gasteiger partial charge in [0.1, 0.15) is 23.2 Å². The molecule has 2 aliphatic heterocycles. The minimum absolute atomic E-state index is 0.0402. The van der Waals surface area contributed by atoms with E-state index in [-0.39, 0.29) is 33.9 Å². The van der Waals surface area contributed by atoms with Crippen LogP contribution in [-0.2, 0) is 11.3 Å². The highest BCUT2D eigenvalue weighted by Gasteiger charge is 2.35. The van der Waals surface area contributed by atoms with Gasteiger partial charge in [0.2, 0.25) is 5.88 Å². The van der Waals surface area contributed by atoms with Crippen LogP contribution in [-0.4, -0.2) is 42.3 Å². The molecule has 0 bridgehead atoms. The van der Waals surface area contributed by atoms with Crippen molar-refractivity contribution in [3.63, 3.8) is 0 Å². The molecule has 1 aromatic carbocycles. The standard InChI is InChI=1S/C23H25FN4O3/c1-15-13-19-21(23(29)28(15)8-4-7-27-9-11-30-12-10-27)20(17(14-25)22(26)31-19)16-5-2-3-6-18(16)24/h2-3,5-6,13,20H,4,7-12,26H2,1H3/t20-/m0/s1. The van der Waals surface area contributed by atoms with Crippen molar-refractivity contribution in [3.05, 3.63) is 74.8 Å². The normalized spacial score (nSPS) is 18.9. The Labute approximate surface area is 180 Å². The Morgan fingerprint density at radius 2 is 2.00 bits per heavy atom. The zero-order valence-corrected chi connectivity index (χ0v) is 17.4. The summed E-state index contributed by atoms with van der Waals surface area (Å²) in [7, 11) is 0. The number of morpholine rings is 1. The summed E-state index contributed by atoms with van der Waals surface area (Å²) in [5, 5.41) is 9.70. The van der Waals surface area contributed by atoms with Crippen molar-refractivity contribution in [1.29, 1.82) is 5.26 Å². The Kier molecular flexibility index (Phi) is 6.07. The molecular weight excluding hydrogens is 399 g/mol. The van der Waals surface area contributed by atoms with Crippen LogP contribution in [0.4, 0.5) is 4.39 Å². The molecule has 4 rings (SSSR count). The average molecular weight is 424 g/mol. The van der Waals surface area contributed by atoms with E-state index in [1.807, 2.05) is 13.0 Å². The van der Waals surface area contributed by atoms with Crippen LogP contribution in [0.1, 0.15) is 29.2 Å². The molecule has 7 nitrogen and oxygen atoms in total. The number of fused-ring (bicyclic) bond motifs is 1. The summed E-state index contributed by atoms with van der Waals surface area (Å²) >= 11 is 0. The Morgan fingerprint density at radius 3 is 2.71 bits per heavy atom. The summed E-state index contributed by atoms with van der Waals surface area (Å²) in [5.41, 5.74) is 6.93. The molecule has 8 heteroatoms. The molecule has 2 aliphatic rings. The molecule has 162 valence electrons. The van der Waals surface area contributed by atoms with Gasteiger partial charge in [-0.3, -0.25) is 9.69 Å². The lowest BCUT2D eigenvalue weighted by Gasteiger charge is -2.28. The van der Waals surface area contributed by atoms with Gasteiger partial charge in [-0.2, -0.15) is 5.26 Å². The van der Waals surface area contributed by atoms with Gasteiger partial charge >= 0.3 is 0 Å². The Hall–Kier alpha value is -3.15. The number of halogens is 1. The fraction of sp³-hybridized carbons (Fsp3) is 0.391. The van der Waals surface area contributed by atoms with E-state index < -0.39 is 11.7 Å². The first kappa shape index (κ1) is 21.1. The predicted molar refractivity (Wildman–Crippen MR) is 113 cm³/mol. The average Bonchev–Trinajstić information content (AvgIpc) is 2.76. The van der Waals surface area contributed by atoms with Crippen LogP contribution in [0.15, 0.2) is 46.6 Å². The lowest BCUT2D eigenvalue weighted by molar-refractivity contribution is 0.0369. The molecule has 2 aromatic rings. The minimum atomic E-state index is -0.909. The molecule has 0 unspecified atom stereocenters. The van der Waals surface area contributed by atoms with Gasteiger partial charge in [0.05, 0.1) is 24.7 Å². The van der Waals surface area contributed by atoms with E-state index in [1.165, 1.54) is 6.07 Å². The first-order valence-electron chi connectivity index (χ1n) is 10.4. The number of hydrogen-bond acceptors (Lipinski definition) is 6. The maximum Gasteiger partial charge on any atom is 0.258 e. The zero-order valence-electron chi connectivity index (χ0n) is 17.4. The molecule has 2 N–H and O–H groups in total. The van der Waals surface area contributed by atoms with E-state index in [0.717, 1.165) is 45.0 Å². The van der Waals surface area contributed by atoms with E-state index in [0.29, 0.717) is 6.54 Å². The number of nitrogens with zero attached hydrogens (tertiary/aromatic N) is 3. The second-order valence-electron chi connectivity index (χ2n) is 7.77. The van der Waals surface area contributed by atoms with Crippen molar-refractivity contribution in [2.45, 2.75) is 25.8 Å². The second-order valence-corrected chi connectivity index (χ2v) is 7.77. The fourth-order valence-electron chi connectivity index (χ4n) is 4.26. The molecular formula is C23H25FN4O3. The van der Waals surface area contributed by atoms with Crippen LogP contribution in [0.25, 0.3) is 0 Å². The molecule has 1 atom stereocenters. The molecule has 1 fully saturated rings. The highest BCUT2D eigenvalue weighted by atomic mass is 19.1. The van der Waals surface area contributed by atoms with Crippen LogP contribution >= 0.6 is 0 Å². The number of nitrogens with two attached hydrogens (primary N) is 1. The van der Waals surface area contributed by atoms with Gasteiger partial charge in [-0.15, -0.1) is 0 Å². The largest absolute Gasteiger partial charge is 0.440 e. The molecule has 1 saturated heterocycles. The third kappa shape index (κ3) is 4.07. The molecule has 31 heavy (non-hydrogen) atoms. The van der Waals surface area contributed by atoms with E-state index in [2.05, 4.69) is 4.90 Å². The van der Waals surface area contributed by atoms with E-state index in [9.17, 15) is 14.4 Å². The minimum Gasteiger partial charge on any atom is -0.440 e. The van der Waals surface area contributed by atoms with Crippen molar-refractivity contribution >= 4 is 0 Å². The van der Waals surface area contributed by atoms with Gasteiger partial charge in [0.25, 0.3) is 5.56 Å². The van der Waals surface area contributed by atoms with Crippen LogP contribution in [0.3, 0.4) is 0 Å². The number of pyridine rings is 1. The molecule has 3 heterocycles. The molecule has 0 saturated carbocycles. The summed E-state index contributed by atoms with van der Waals surface area (Å²) in [4.78, 5) is 15.8. The number of hydrogen-bond donors (Lipinski definition) is 1. The van der Waals surface area contributed by atoms with E-state index >= 15 is 0 Å². The summed E-state index contributed by atoms with van der Waals surface area (Å²) in [5.74, 6) is -1.24. The highest BCUT2D eigenvalue weighted by molar-refractivity contribution is 5.55. The predicted octanol–water partition coefficient (Wildman–Crippen LogP) is 2.24. The van der Waals surface area contributed by atoms with Crippen LogP contribution in [0.2, 0.25) is 0 Å². The quantitative estimate of drug-likeness (QED) is 0.791. The topological polar surface area (TPSA) is 93.5 Å². The second kappa shape index (κ2) is 8.92. The Morgan fingerprint density at radius 1 is 1.26 bits per heavy atom. The number of ether oxygens (including phenoxy) is 2. The lowest BCUT2D eigenvalue weighted by Crippen LogP contribution is -2.38. The smallest absolute Gasteiger partial charge is 0.258 e. The van der Waals surface area contributed by atoms with Crippen molar-refractivity contribution in [1.82, 2.24) is 9.47 Å². The molecule has 1 aromatic heterocycles. The monoisotopic (exact) mass is 424 g/mol. The summed E-state index contributed by atoms with van der Waals surface area (Å²) in [6.45, 7) is 6.43. The molecule has 0 radical (unpaired) electrons. The summed E-state index contributed by atoms with van der Waals surface area (Å²) < 4.78 is 27.4. The maximum atomic E-state index is 14.7. The zero-order chi connectivity index (χ0) is 22.0. The van der Waals surface area contributed by atoms with E-state index in [4.69, 9.17) is 15.2 Å². The maximum absolute atomic E-state index is 14.7. The number of allylic oxidation sites excluding steroid dienone is 1.